The van der Waals surface area contributed by atoms with Crippen molar-refractivity contribution in [3.63, 3.8) is 0 Å². The van der Waals surface area contributed by atoms with E-state index in [1.165, 1.54) is 36.4 Å². The van der Waals surface area contributed by atoms with Gasteiger partial charge in [-0.05, 0) is 70.0 Å². The van der Waals surface area contributed by atoms with Crippen LogP contribution in [0.25, 0.3) is 6.08 Å². The maximum absolute atomic E-state index is 14.9. The predicted molar refractivity (Wildman–Crippen MR) is 124 cm³/mol. The van der Waals surface area contributed by atoms with Crippen molar-refractivity contribution in [3.05, 3.63) is 81.4 Å². The Balaban J connectivity index is 2.18. The van der Waals surface area contributed by atoms with Gasteiger partial charge in [0.1, 0.15) is 17.2 Å². The van der Waals surface area contributed by atoms with Crippen LogP contribution in [0.15, 0.2) is 48.1 Å². The van der Waals surface area contributed by atoms with Gasteiger partial charge < -0.3 is 10.5 Å². The highest BCUT2D eigenvalue weighted by Crippen LogP contribution is 2.23. The minimum atomic E-state index is -0.757. The van der Waals surface area contributed by atoms with Gasteiger partial charge in [0.15, 0.2) is 5.78 Å². The molecular weight excluding hydrogens is 436 g/mol. The van der Waals surface area contributed by atoms with Gasteiger partial charge in [-0.3, -0.25) is 9.59 Å². The van der Waals surface area contributed by atoms with E-state index < -0.39 is 23.2 Å². The Kier molecular flexibility index (Phi) is 8.33. The molecule has 2 aromatic carbocycles. The van der Waals surface area contributed by atoms with Crippen LogP contribution in [0.4, 0.5) is 14.5 Å². The SMILES string of the molecule is C/C(=C\C(=O)c1cc(N)ccc1Cl)Cc1ccc(F)c(/C=C/CC(=O)OC(C)(C)C)c1F. The number of rotatable bonds is 7. The monoisotopic (exact) mass is 461 g/mol. The number of benzene rings is 2. The molecule has 0 fully saturated rings. The first-order chi connectivity index (χ1) is 14.9. The zero-order chi connectivity index (χ0) is 24.1. The van der Waals surface area contributed by atoms with E-state index in [-0.39, 0.29) is 40.3 Å². The molecule has 0 spiro atoms. The molecule has 170 valence electrons. The molecule has 4 nitrogen and oxygen atoms in total. The van der Waals surface area contributed by atoms with Crippen LogP contribution in [0, 0.1) is 11.6 Å². The third-order valence-corrected chi connectivity index (χ3v) is 4.63. The van der Waals surface area contributed by atoms with Gasteiger partial charge in [-0.25, -0.2) is 8.78 Å². The minimum Gasteiger partial charge on any atom is -0.460 e. The third kappa shape index (κ3) is 7.31. The normalized spacial score (nSPS) is 12.3. The molecule has 2 rings (SSSR count). The molecule has 0 saturated heterocycles. The predicted octanol–water partition coefficient (Wildman–Crippen LogP) is 6.32. The summed E-state index contributed by atoms with van der Waals surface area (Å²) in [6, 6.07) is 7.06. The molecule has 2 N–H and O–H groups in total. The number of allylic oxidation sites excluding steroid dienone is 2. The van der Waals surface area contributed by atoms with Crippen molar-refractivity contribution < 1.29 is 23.1 Å². The van der Waals surface area contributed by atoms with E-state index in [1.807, 2.05) is 0 Å². The van der Waals surface area contributed by atoms with Crippen LogP contribution in [-0.4, -0.2) is 17.4 Å². The fraction of sp³-hybridized carbons (Fsp3) is 0.280. The molecule has 0 aliphatic carbocycles. The van der Waals surface area contributed by atoms with Crippen molar-refractivity contribution in [1.82, 2.24) is 0 Å². The second-order valence-electron chi connectivity index (χ2n) is 8.40. The number of halogens is 3. The average Bonchev–Trinajstić information content (AvgIpc) is 2.67. The number of anilines is 1. The lowest BCUT2D eigenvalue weighted by atomic mass is 10.00. The van der Waals surface area contributed by atoms with Crippen LogP contribution in [0.5, 0.6) is 0 Å². The molecule has 0 aliphatic heterocycles. The zero-order valence-corrected chi connectivity index (χ0v) is 19.2. The minimum absolute atomic E-state index is 0.0880. The number of ether oxygens (including phenoxy) is 1. The lowest BCUT2D eigenvalue weighted by molar-refractivity contribution is -0.153. The van der Waals surface area contributed by atoms with Gasteiger partial charge >= 0.3 is 5.97 Å². The summed E-state index contributed by atoms with van der Waals surface area (Å²) in [4.78, 5) is 24.3. The molecular formula is C25H26ClF2NO3. The van der Waals surface area contributed by atoms with Crippen molar-refractivity contribution in [2.24, 2.45) is 0 Å². The third-order valence-electron chi connectivity index (χ3n) is 4.30. The van der Waals surface area contributed by atoms with Crippen LogP contribution in [0.3, 0.4) is 0 Å². The van der Waals surface area contributed by atoms with Crippen LogP contribution in [0.1, 0.15) is 55.6 Å². The van der Waals surface area contributed by atoms with Crippen LogP contribution in [-0.2, 0) is 16.0 Å². The maximum atomic E-state index is 14.9. The van der Waals surface area contributed by atoms with Gasteiger partial charge in [0, 0.05) is 16.8 Å². The Hall–Kier alpha value is -2.99. The zero-order valence-electron chi connectivity index (χ0n) is 18.5. The number of carbonyl (C=O) groups excluding carboxylic acids is 2. The Morgan fingerprint density at radius 1 is 1.16 bits per heavy atom. The summed E-state index contributed by atoms with van der Waals surface area (Å²) < 4.78 is 34.3. The Morgan fingerprint density at radius 3 is 2.50 bits per heavy atom. The molecule has 0 atom stereocenters. The molecule has 7 heteroatoms. The molecule has 0 unspecified atom stereocenters. The fourth-order valence-corrected chi connectivity index (χ4v) is 3.16. The topological polar surface area (TPSA) is 69.4 Å². The standard InChI is InChI=1S/C25H26ClF2NO3/c1-15(13-22(30)19-14-17(29)9-10-20(19)26)12-16-8-11-21(27)18(24(16)28)6-5-7-23(31)32-25(2,3)4/h5-6,8-11,13-14H,7,12,29H2,1-4H3/b6-5+,15-13+. The van der Waals surface area contributed by atoms with Crippen LogP contribution >= 0.6 is 11.6 Å². The summed E-state index contributed by atoms with van der Waals surface area (Å²) in [5, 5.41) is 0.263. The highest BCUT2D eigenvalue weighted by molar-refractivity contribution is 6.34. The van der Waals surface area contributed by atoms with Gasteiger partial charge in [-0.2, -0.15) is 0 Å². The van der Waals surface area contributed by atoms with E-state index >= 15 is 0 Å². The Morgan fingerprint density at radius 2 is 1.84 bits per heavy atom. The van der Waals surface area contributed by atoms with E-state index in [1.54, 1.807) is 33.8 Å². The second-order valence-corrected chi connectivity index (χ2v) is 8.81. The van der Waals surface area contributed by atoms with E-state index in [0.717, 1.165) is 6.07 Å². The van der Waals surface area contributed by atoms with Gasteiger partial charge in [0.05, 0.1) is 11.4 Å². The summed E-state index contributed by atoms with van der Waals surface area (Å²) in [5.41, 5.74) is 6.22. The van der Waals surface area contributed by atoms with Gasteiger partial charge in [-0.1, -0.05) is 35.4 Å². The summed E-state index contributed by atoms with van der Waals surface area (Å²) in [5.74, 6) is -2.37. The van der Waals surface area contributed by atoms with Gasteiger partial charge in [-0.15, -0.1) is 0 Å². The Bertz CT molecular complexity index is 1090. The number of ketones is 1. The highest BCUT2D eigenvalue weighted by Gasteiger charge is 2.16. The van der Waals surface area contributed by atoms with Crippen molar-refractivity contribution in [3.8, 4) is 0 Å². The van der Waals surface area contributed by atoms with E-state index in [4.69, 9.17) is 22.1 Å². The number of hydrogen-bond donors (Lipinski definition) is 1. The molecule has 2 aromatic rings. The summed E-state index contributed by atoms with van der Waals surface area (Å²) >= 11 is 6.06. The second kappa shape index (κ2) is 10.6. The van der Waals surface area contributed by atoms with E-state index in [9.17, 15) is 18.4 Å². The molecule has 0 aromatic heterocycles. The van der Waals surface area contributed by atoms with Gasteiger partial charge in [0.25, 0.3) is 0 Å². The maximum Gasteiger partial charge on any atom is 0.310 e. The number of hydrogen-bond acceptors (Lipinski definition) is 4. The summed E-state index contributed by atoms with van der Waals surface area (Å²) in [7, 11) is 0. The molecule has 0 bridgehead atoms. The van der Waals surface area contributed by atoms with Crippen LogP contribution < -0.4 is 5.73 Å². The number of carbonyl (C=O) groups is 2. The van der Waals surface area contributed by atoms with Crippen LogP contribution in [0.2, 0.25) is 5.02 Å². The molecule has 0 saturated carbocycles. The molecule has 0 amide bonds. The Labute approximate surface area is 191 Å². The first-order valence-corrected chi connectivity index (χ1v) is 10.4. The molecule has 0 heterocycles. The molecule has 0 radical (unpaired) electrons. The largest absolute Gasteiger partial charge is 0.460 e. The first-order valence-electron chi connectivity index (χ1n) is 9.99. The lowest BCUT2D eigenvalue weighted by Gasteiger charge is -2.18. The van der Waals surface area contributed by atoms with Crippen molar-refractivity contribution in [2.45, 2.75) is 46.1 Å². The van der Waals surface area contributed by atoms with Crippen molar-refractivity contribution >= 4 is 35.1 Å². The molecule has 32 heavy (non-hydrogen) atoms. The van der Waals surface area contributed by atoms with Crippen molar-refractivity contribution in [2.75, 3.05) is 5.73 Å². The summed E-state index contributed by atoms with van der Waals surface area (Å²) in [6.07, 6.45) is 3.89. The fourth-order valence-electron chi connectivity index (χ4n) is 2.94. The summed E-state index contributed by atoms with van der Waals surface area (Å²) in [6.45, 7) is 6.87. The smallest absolute Gasteiger partial charge is 0.310 e. The molecule has 0 aliphatic rings. The number of nitrogens with two attached hydrogens (primary N) is 1. The number of esters is 1. The van der Waals surface area contributed by atoms with E-state index in [2.05, 4.69) is 0 Å². The quantitative estimate of drug-likeness (QED) is 0.227. The van der Waals surface area contributed by atoms with Crippen molar-refractivity contribution in [1.29, 1.82) is 0 Å². The van der Waals surface area contributed by atoms with Gasteiger partial charge in [0.2, 0.25) is 0 Å². The highest BCUT2D eigenvalue weighted by atomic mass is 35.5. The average molecular weight is 462 g/mol. The first kappa shape index (κ1) is 25.3. The number of nitrogen functional groups attached to an aromatic ring is 1. The lowest BCUT2D eigenvalue weighted by Crippen LogP contribution is -2.23. The van der Waals surface area contributed by atoms with E-state index in [0.29, 0.717) is 11.3 Å².